The van der Waals surface area contributed by atoms with Crippen LogP contribution < -0.4 is 5.73 Å². The number of fused-ring (bicyclic) bond motifs is 1. The molecule has 1 aromatic heterocycles. The summed E-state index contributed by atoms with van der Waals surface area (Å²) in [7, 11) is 2.19. The van der Waals surface area contributed by atoms with E-state index in [4.69, 9.17) is 5.73 Å². The highest BCUT2D eigenvalue weighted by Gasteiger charge is 2.29. The van der Waals surface area contributed by atoms with Crippen LogP contribution in [-0.4, -0.2) is 94.4 Å². The van der Waals surface area contributed by atoms with E-state index in [1.54, 1.807) is 0 Å². The molecule has 2 saturated heterocycles. The van der Waals surface area contributed by atoms with Gasteiger partial charge < -0.3 is 15.5 Å². The Labute approximate surface area is 166 Å². The number of piperazine rings is 1. The molecule has 8 nitrogen and oxygen atoms in total. The number of aromatic nitrogens is 3. The molecule has 1 aromatic carbocycles. The van der Waals surface area contributed by atoms with Crippen molar-refractivity contribution in [1.82, 2.24) is 30.1 Å². The molecule has 2 aliphatic heterocycles. The van der Waals surface area contributed by atoms with Crippen molar-refractivity contribution in [3.63, 3.8) is 0 Å². The number of nitrogens with two attached hydrogens (primary N) is 1. The molecule has 0 spiro atoms. The summed E-state index contributed by atoms with van der Waals surface area (Å²) in [4.78, 5) is 19.8. The minimum absolute atomic E-state index is 0.0564. The molecule has 152 valence electrons. The number of hydrogen-bond donors (Lipinski definition) is 2. The standard InChI is InChI=1S/C20H31N7O/c1-14-11-15(13-18-19(14)23-24-22-18)12-17(21)20(28)27-9-7-26(8-10-27)16-3-5-25(2)6-4-16/h11,13,16-17H,3-10,12,21H2,1-2H3,(H,22,23,24). The summed E-state index contributed by atoms with van der Waals surface area (Å²) in [5.41, 5.74) is 10.2. The van der Waals surface area contributed by atoms with Gasteiger partial charge in [-0.25, -0.2) is 0 Å². The predicted octanol–water partition coefficient (Wildman–Crippen LogP) is 0.375. The Hall–Kier alpha value is -2.03. The first-order valence-corrected chi connectivity index (χ1v) is 10.3. The monoisotopic (exact) mass is 385 g/mol. The van der Waals surface area contributed by atoms with Crippen LogP contribution in [0.25, 0.3) is 11.0 Å². The first kappa shape index (κ1) is 19.3. The van der Waals surface area contributed by atoms with Crippen LogP contribution in [0, 0.1) is 6.92 Å². The molecule has 0 saturated carbocycles. The van der Waals surface area contributed by atoms with Crippen molar-refractivity contribution in [3.05, 3.63) is 23.3 Å². The van der Waals surface area contributed by atoms with E-state index in [-0.39, 0.29) is 5.91 Å². The molecule has 3 N–H and O–H groups in total. The lowest BCUT2D eigenvalue weighted by Crippen LogP contribution is -2.56. The molecule has 3 heterocycles. The van der Waals surface area contributed by atoms with Gasteiger partial charge in [0.1, 0.15) is 5.52 Å². The van der Waals surface area contributed by atoms with Crippen molar-refractivity contribution in [1.29, 1.82) is 0 Å². The number of nitrogens with one attached hydrogen (secondary N) is 1. The van der Waals surface area contributed by atoms with Crippen LogP contribution in [0.3, 0.4) is 0 Å². The van der Waals surface area contributed by atoms with Gasteiger partial charge in [0.05, 0.1) is 11.6 Å². The number of piperidine rings is 1. The van der Waals surface area contributed by atoms with Crippen molar-refractivity contribution in [2.75, 3.05) is 46.3 Å². The van der Waals surface area contributed by atoms with E-state index >= 15 is 0 Å². The minimum atomic E-state index is -0.515. The number of carbonyl (C=O) groups excluding carboxylic acids is 1. The zero-order valence-electron chi connectivity index (χ0n) is 16.9. The molecule has 0 radical (unpaired) electrons. The normalized spacial score (nSPS) is 21.3. The molecule has 8 heteroatoms. The summed E-state index contributed by atoms with van der Waals surface area (Å²) < 4.78 is 0. The number of carbonyl (C=O) groups is 1. The number of benzene rings is 1. The van der Waals surface area contributed by atoms with Gasteiger partial charge in [0.2, 0.25) is 5.91 Å². The molecular formula is C20H31N7O. The first-order chi connectivity index (χ1) is 13.5. The highest BCUT2D eigenvalue weighted by atomic mass is 16.2. The van der Waals surface area contributed by atoms with E-state index in [1.165, 1.54) is 25.9 Å². The van der Waals surface area contributed by atoms with Gasteiger partial charge in [0.15, 0.2) is 0 Å². The number of amides is 1. The summed E-state index contributed by atoms with van der Waals surface area (Å²) in [6, 6.07) is 4.18. The van der Waals surface area contributed by atoms with Crippen LogP contribution in [0.5, 0.6) is 0 Å². The summed E-state index contributed by atoms with van der Waals surface area (Å²) in [5.74, 6) is 0.0564. The number of hydrogen-bond acceptors (Lipinski definition) is 6. The van der Waals surface area contributed by atoms with Crippen LogP contribution in [0.1, 0.15) is 24.0 Å². The number of nitrogens with zero attached hydrogens (tertiary/aromatic N) is 5. The quantitative estimate of drug-likeness (QED) is 0.790. The number of aromatic amines is 1. The summed E-state index contributed by atoms with van der Waals surface area (Å²) in [6.07, 6.45) is 2.99. The van der Waals surface area contributed by atoms with Gasteiger partial charge in [0, 0.05) is 32.2 Å². The van der Waals surface area contributed by atoms with Gasteiger partial charge in [-0.1, -0.05) is 11.3 Å². The molecular weight excluding hydrogens is 354 g/mol. The number of likely N-dealkylation sites (tertiary alicyclic amines) is 1. The molecule has 2 fully saturated rings. The van der Waals surface area contributed by atoms with Gasteiger partial charge in [-0.15, -0.1) is 5.10 Å². The molecule has 2 aromatic rings. The Morgan fingerprint density at radius 1 is 1.21 bits per heavy atom. The second-order valence-corrected chi connectivity index (χ2v) is 8.32. The summed E-state index contributed by atoms with van der Waals surface area (Å²) >= 11 is 0. The lowest BCUT2D eigenvalue weighted by molar-refractivity contribution is -0.134. The fourth-order valence-electron chi connectivity index (χ4n) is 4.56. The fraction of sp³-hybridized carbons (Fsp3) is 0.650. The second kappa shape index (κ2) is 8.14. The highest BCUT2D eigenvalue weighted by molar-refractivity contribution is 5.83. The number of rotatable bonds is 4. The smallest absolute Gasteiger partial charge is 0.239 e. The van der Waals surface area contributed by atoms with Crippen LogP contribution in [0.15, 0.2) is 12.1 Å². The third kappa shape index (κ3) is 4.04. The van der Waals surface area contributed by atoms with E-state index in [9.17, 15) is 4.79 Å². The number of H-pyrrole nitrogens is 1. The van der Waals surface area contributed by atoms with Gasteiger partial charge in [-0.3, -0.25) is 14.8 Å². The largest absolute Gasteiger partial charge is 0.339 e. The fourth-order valence-corrected chi connectivity index (χ4v) is 4.56. The average molecular weight is 386 g/mol. The summed E-state index contributed by atoms with van der Waals surface area (Å²) in [5, 5.41) is 10.8. The molecule has 1 amide bonds. The molecule has 0 bridgehead atoms. The Balaban J connectivity index is 1.31. The van der Waals surface area contributed by atoms with Crippen molar-refractivity contribution in [2.24, 2.45) is 5.73 Å². The lowest BCUT2D eigenvalue weighted by atomic mass is 10.0. The van der Waals surface area contributed by atoms with Crippen molar-refractivity contribution in [2.45, 2.75) is 38.3 Å². The Bertz CT molecular complexity index is 819. The molecule has 4 rings (SSSR count). The summed E-state index contributed by atoms with van der Waals surface area (Å²) in [6.45, 7) is 7.82. The lowest BCUT2D eigenvalue weighted by Gasteiger charge is -2.42. The highest BCUT2D eigenvalue weighted by Crippen LogP contribution is 2.19. The van der Waals surface area contributed by atoms with Crippen LogP contribution in [0.2, 0.25) is 0 Å². The van der Waals surface area contributed by atoms with E-state index in [2.05, 4.69) is 38.3 Å². The average Bonchev–Trinajstić information content (AvgIpc) is 3.17. The number of aryl methyl sites for hydroxylation is 1. The van der Waals surface area contributed by atoms with Crippen LogP contribution in [0.4, 0.5) is 0 Å². The molecule has 1 unspecified atom stereocenters. The van der Waals surface area contributed by atoms with E-state index < -0.39 is 6.04 Å². The van der Waals surface area contributed by atoms with Gasteiger partial charge in [0.25, 0.3) is 0 Å². The second-order valence-electron chi connectivity index (χ2n) is 8.32. The van der Waals surface area contributed by atoms with Crippen molar-refractivity contribution >= 4 is 16.9 Å². The zero-order valence-corrected chi connectivity index (χ0v) is 16.9. The van der Waals surface area contributed by atoms with Crippen LogP contribution >= 0.6 is 0 Å². The topological polar surface area (TPSA) is 94.4 Å². The maximum atomic E-state index is 12.9. The molecule has 1 atom stereocenters. The third-order valence-electron chi connectivity index (χ3n) is 6.30. The third-order valence-corrected chi connectivity index (χ3v) is 6.30. The Kier molecular flexibility index (Phi) is 5.61. The van der Waals surface area contributed by atoms with Gasteiger partial charge in [-0.2, -0.15) is 0 Å². The van der Waals surface area contributed by atoms with Crippen LogP contribution in [-0.2, 0) is 11.2 Å². The van der Waals surface area contributed by atoms with Crippen molar-refractivity contribution in [3.8, 4) is 0 Å². The van der Waals surface area contributed by atoms with E-state index in [0.29, 0.717) is 12.5 Å². The predicted molar refractivity (Wildman–Crippen MR) is 109 cm³/mol. The molecule has 28 heavy (non-hydrogen) atoms. The van der Waals surface area contributed by atoms with Gasteiger partial charge >= 0.3 is 0 Å². The Morgan fingerprint density at radius 2 is 1.93 bits per heavy atom. The minimum Gasteiger partial charge on any atom is -0.339 e. The maximum Gasteiger partial charge on any atom is 0.239 e. The maximum absolute atomic E-state index is 12.9. The SMILES string of the molecule is Cc1cc(CC(N)C(=O)N2CCN(C3CCN(C)CC3)CC2)cc2nn[nH]c12. The van der Waals surface area contributed by atoms with Crippen molar-refractivity contribution < 1.29 is 4.79 Å². The van der Waals surface area contributed by atoms with E-state index in [1.807, 2.05) is 17.9 Å². The molecule has 0 aliphatic carbocycles. The molecule has 2 aliphatic rings. The Morgan fingerprint density at radius 3 is 2.64 bits per heavy atom. The first-order valence-electron chi connectivity index (χ1n) is 10.3. The van der Waals surface area contributed by atoms with E-state index in [0.717, 1.165) is 48.3 Å². The van der Waals surface area contributed by atoms with Gasteiger partial charge in [-0.05, 0) is 63.5 Å². The zero-order chi connectivity index (χ0) is 19.7.